The third-order valence-electron chi connectivity index (χ3n) is 7.97. The van der Waals surface area contributed by atoms with Crippen LogP contribution in [-0.2, 0) is 10.3 Å². The highest BCUT2D eigenvalue weighted by Gasteiger charge is 2.52. The minimum absolute atomic E-state index is 0.296. The second kappa shape index (κ2) is 9.44. The van der Waals surface area contributed by atoms with Gasteiger partial charge in [0.15, 0.2) is 0 Å². The first-order valence-electron chi connectivity index (χ1n) is 12.6. The molecule has 3 fully saturated rings. The van der Waals surface area contributed by atoms with Crippen LogP contribution in [0.5, 0.6) is 5.75 Å². The van der Waals surface area contributed by atoms with Crippen molar-refractivity contribution in [2.45, 2.75) is 51.2 Å². The van der Waals surface area contributed by atoms with E-state index in [2.05, 4.69) is 67.3 Å². The molecule has 4 nitrogen and oxygen atoms in total. The first kappa shape index (κ1) is 22.4. The summed E-state index contributed by atoms with van der Waals surface area (Å²) >= 11 is 0. The van der Waals surface area contributed by atoms with Crippen LogP contribution in [0.1, 0.15) is 50.7 Å². The van der Waals surface area contributed by atoms with Gasteiger partial charge in [0.1, 0.15) is 11.4 Å². The lowest BCUT2D eigenvalue weighted by Crippen LogP contribution is -2.62. The van der Waals surface area contributed by atoms with Gasteiger partial charge >= 0.3 is 0 Å². The van der Waals surface area contributed by atoms with E-state index in [1.54, 1.807) is 7.11 Å². The van der Waals surface area contributed by atoms with Crippen LogP contribution in [-0.4, -0.2) is 42.7 Å². The molecule has 3 aliphatic rings. The van der Waals surface area contributed by atoms with Crippen molar-refractivity contribution in [2.75, 3.05) is 26.8 Å². The van der Waals surface area contributed by atoms with Crippen molar-refractivity contribution < 1.29 is 9.47 Å². The van der Waals surface area contributed by atoms with E-state index >= 15 is 0 Å². The van der Waals surface area contributed by atoms with E-state index < -0.39 is 5.60 Å². The van der Waals surface area contributed by atoms with Crippen LogP contribution >= 0.6 is 0 Å². The molecule has 1 unspecified atom stereocenters. The Morgan fingerprint density at radius 2 is 1.94 bits per heavy atom. The van der Waals surface area contributed by atoms with E-state index in [0.717, 1.165) is 48.1 Å². The molecular weight excluding hydrogens is 408 g/mol. The molecule has 0 aliphatic carbocycles. The number of piperidine rings is 3. The largest absolute Gasteiger partial charge is 0.497 e. The molecule has 3 aliphatic heterocycles. The standard InChI is InChI=1S/C29H36N2O2/c1-4-17-33-29(23-9-7-6-8-10-23,28-18-22-14-16-31(28)20-21(22)5-2)26-13-15-30-27-12-11-24(32-3)19-25(26)27/h6-13,15,19,21-22,28H,4-5,14,16-18,20H2,1-3H3/t21-,22-,28-,29+/m0/s1. The highest BCUT2D eigenvalue weighted by Crippen LogP contribution is 2.50. The highest BCUT2D eigenvalue weighted by atomic mass is 16.5. The Morgan fingerprint density at radius 1 is 1.09 bits per heavy atom. The molecule has 4 heteroatoms. The van der Waals surface area contributed by atoms with E-state index in [1.165, 1.54) is 36.9 Å². The second-order valence-electron chi connectivity index (χ2n) is 9.66. The third kappa shape index (κ3) is 3.83. The maximum atomic E-state index is 7.08. The Hall–Kier alpha value is -2.43. The first-order valence-corrected chi connectivity index (χ1v) is 12.6. The number of hydrogen-bond acceptors (Lipinski definition) is 4. The van der Waals surface area contributed by atoms with Gasteiger partial charge in [0.2, 0.25) is 0 Å². The van der Waals surface area contributed by atoms with Crippen LogP contribution in [0.15, 0.2) is 60.8 Å². The molecule has 0 spiro atoms. The van der Waals surface area contributed by atoms with Crippen LogP contribution in [0.3, 0.4) is 0 Å². The van der Waals surface area contributed by atoms with Crippen molar-refractivity contribution in [2.24, 2.45) is 11.8 Å². The maximum Gasteiger partial charge on any atom is 0.134 e. The third-order valence-corrected chi connectivity index (χ3v) is 7.97. The van der Waals surface area contributed by atoms with Crippen molar-refractivity contribution in [1.82, 2.24) is 9.88 Å². The average Bonchev–Trinajstić information content (AvgIpc) is 2.89. The molecule has 2 bridgehead atoms. The zero-order valence-electron chi connectivity index (χ0n) is 20.2. The molecule has 1 aromatic heterocycles. The molecule has 174 valence electrons. The fourth-order valence-corrected chi connectivity index (χ4v) is 6.33. The van der Waals surface area contributed by atoms with E-state index in [0.29, 0.717) is 6.04 Å². The predicted octanol–water partition coefficient (Wildman–Crippen LogP) is 6.03. The van der Waals surface area contributed by atoms with Gasteiger partial charge in [-0.15, -0.1) is 0 Å². The van der Waals surface area contributed by atoms with Crippen molar-refractivity contribution in [1.29, 1.82) is 0 Å². The number of pyridine rings is 1. The average molecular weight is 445 g/mol. The number of benzene rings is 2. The topological polar surface area (TPSA) is 34.6 Å². The van der Waals surface area contributed by atoms with Crippen molar-refractivity contribution >= 4 is 10.9 Å². The molecule has 0 N–H and O–H groups in total. The number of nitrogens with zero attached hydrogens (tertiary/aromatic N) is 2. The van der Waals surface area contributed by atoms with Crippen molar-refractivity contribution in [3.63, 3.8) is 0 Å². The summed E-state index contributed by atoms with van der Waals surface area (Å²) in [6, 6.07) is 19.6. The summed E-state index contributed by atoms with van der Waals surface area (Å²) in [6.07, 6.45) is 6.66. The minimum atomic E-state index is -0.553. The van der Waals surface area contributed by atoms with E-state index in [-0.39, 0.29) is 0 Å². The molecule has 33 heavy (non-hydrogen) atoms. The maximum absolute atomic E-state index is 7.08. The smallest absolute Gasteiger partial charge is 0.134 e. The van der Waals surface area contributed by atoms with Gasteiger partial charge < -0.3 is 9.47 Å². The Labute approximate surface area is 197 Å². The van der Waals surface area contributed by atoms with Gasteiger partial charge in [-0.2, -0.15) is 0 Å². The normalized spacial score (nSPS) is 26.3. The van der Waals surface area contributed by atoms with Gasteiger partial charge in [0.25, 0.3) is 0 Å². The van der Waals surface area contributed by atoms with E-state index in [1.807, 2.05) is 12.3 Å². The second-order valence-corrected chi connectivity index (χ2v) is 9.66. The molecule has 6 rings (SSSR count). The zero-order valence-corrected chi connectivity index (χ0v) is 20.2. The molecule has 0 saturated carbocycles. The lowest BCUT2D eigenvalue weighted by molar-refractivity contribution is -0.128. The lowest BCUT2D eigenvalue weighted by atomic mass is 9.66. The monoisotopic (exact) mass is 444 g/mol. The number of hydrogen-bond donors (Lipinski definition) is 0. The molecule has 0 amide bonds. The quantitative estimate of drug-likeness (QED) is 0.425. The number of fused-ring (bicyclic) bond motifs is 4. The van der Waals surface area contributed by atoms with Gasteiger partial charge in [0, 0.05) is 36.3 Å². The van der Waals surface area contributed by atoms with Crippen LogP contribution in [0.25, 0.3) is 10.9 Å². The van der Waals surface area contributed by atoms with Crippen LogP contribution < -0.4 is 4.74 Å². The van der Waals surface area contributed by atoms with Crippen LogP contribution in [0.2, 0.25) is 0 Å². The molecule has 3 aromatic rings. The van der Waals surface area contributed by atoms with E-state index in [4.69, 9.17) is 14.5 Å². The van der Waals surface area contributed by atoms with Gasteiger partial charge in [-0.3, -0.25) is 9.88 Å². The summed E-state index contributed by atoms with van der Waals surface area (Å²) in [5.74, 6) is 2.41. The summed E-state index contributed by atoms with van der Waals surface area (Å²) < 4.78 is 12.7. The van der Waals surface area contributed by atoms with Gasteiger partial charge in [-0.1, -0.05) is 50.6 Å². The van der Waals surface area contributed by atoms with Gasteiger partial charge in [0.05, 0.1) is 12.6 Å². The van der Waals surface area contributed by atoms with Gasteiger partial charge in [-0.05, 0) is 67.5 Å². The molecular formula is C29H36N2O2. The summed E-state index contributed by atoms with van der Waals surface area (Å²) in [5.41, 5.74) is 2.87. The Bertz CT molecular complexity index is 1090. The summed E-state index contributed by atoms with van der Waals surface area (Å²) in [5, 5.41) is 1.12. The Balaban J connectivity index is 1.76. The fourth-order valence-electron chi connectivity index (χ4n) is 6.33. The fraction of sp³-hybridized carbons (Fsp3) is 0.483. The van der Waals surface area contributed by atoms with Crippen LogP contribution in [0, 0.1) is 11.8 Å². The number of ether oxygens (including phenoxy) is 2. The zero-order chi connectivity index (χ0) is 22.8. The summed E-state index contributed by atoms with van der Waals surface area (Å²) in [7, 11) is 1.73. The molecule has 5 atom stereocenters. The Kier molecular flexibility index (Phi) is 6.40. The van der Waals surface area contributed by atoms with Crippen molar-refractivity contribution in [3.05, 3.63) is 71.9 Å². The minimum Gasteiger partial charge on any atom is -0.497 e. The van der Waals surface area contributed by atoms with Crippen molar-refractivity contribution in [3.8, 4) is 5.75 Å². The highest BCUT2D eigenvalue weighted by molar-refractivity contribution is 5.85. The van der Waals surface area contributed by atoms with Crippen LogP contribution in [0.4, 0.5) is 0 Å². The Morgan fingerprint density at radius 3 is 2.64 bits per heavy atom. The number of methoxy groups -OCH3 is 1. The first-order chi connectivity index (χ1) is 16.2. The number of aromatic nitrogens is 1. The summed E-state index contributed by atoms with van der Waals surface area (Å²) in [6.45, 7) is 7.59. The molecule has 3 saturated heterocycles. The molecule has 4 heterocycles. The molecule has 2 aromatic carbocycles. The lowest BCUT2D eigenvalue weighted by Gasteiger charge is -2.56. The summed E-state index contributed by atoms with van der Waals surface area (Å²) in [4.78, 5) is 7.42. The predicted molar refractivity (Wildman–Crippen MR) is 134 cm³/mol. The van der Waals surface area contributed by atoms with Gasteiger partial charge in [-0.25, -0.2) is 0 Å². The van der Waals surface area contributed by atoms with E-state index in [9.17, 15) is 0 Å². The SMILES string of the molecule is CCCO[C@](c1ccccc1)(c1ccnc2ccc(OC)cc12)[C@@H]1C[C@@H]2CCN1C[C@@H]2CC. The number of rotatable bonds is 8. The molecule has 0 radical (unpaired) electrons.